The summed E-state index contributed by atoms with van der Waals surface area (Å²) in [5, 5.41) is 4.00. The number of nitrogens with one attached hydrogen (secondary N) is 1. The fourth-order valence-electron chi connectivity index (χ4n) is 2.40. The van der Waals surface area contributed by atoms with E-state index in [-0.39, 0.29) is 0 Å². The van der Waals surface area contributed by atoms with Gasteiger partial charge in [0.15, 0.2) is 5.16 Å². The summed E-state index contributed by atoms with van der Waals surface area (Å²) in [4.78, 5) is 12.5. The van der Waals surface area contributed by atoms with Gasteiger partial charge in [0, 0.05) is 11.1 Å². The van der Waals surface area contributed by atoms with E-state index >= 15 is 0 Å². The van der Waals surface area contributed by atoms with Gasteiger partial charge in [0.05, 0.1) is 16.7 Å². The van der Waals surface area contributed by atoms with Crippen LogP contribution in [0, 0.1) is 6.92 Å². The minimum atomic E-state index is 0.503. The highest BCUT2D eigenvalue weighted by molar-refractivity contribution is 7.98. The van der Waals surface area contributed by atoms with E-state index in [4.69, 9.17) is 4.74 Å². The quantitative estimate of drug-likeness (QED) is 0.476. The van der Waals surface area contributed by atoms with Gasteiger partial charge in [-0.3, -0.25) is 0 Å². The zero-order valence-electron chi connectivity index (χ0n) is 13.7. The van der Waals surface area contributed by atoms with Gasteiger partial charge < -0.3 is 9.72 Å². The molecule has 2 aromatic carbocycles. The van der Waals surface area contributed by atoms with Crippen LogP contribution in [0.25, 0.3) is 11.0 Å². The maximum atomic E-state index is 5.79. The normalized spacial score (nSPS) is 11.1. The molecule has 0 aliphatic carbocycles. The van der Waals surface area contributed by atoms with E-state index in [0.29, 0.717) is 6.61 Å². The number of H-pyrrole nitrogens is 1. The van der Waals surface area contributed by atoms with Crippen LogP contribution in [0.2, 0.25) is 0 Å². The van der Waals surface area contributed by atoms with Crippen molar-refractivity contribution in [3.05, 3.63) is 70.2 Å². The van der Waals surface area contributed by atoms with E-state index < -0.39 is 0 Å². The van der Waals surface area contributed by atoms with Crippen molar-refractivity contribution >= 4 is 34.1 Å². The Balaban J connectivity index is 1.33. The smallest absolute Gasteiger partial charge is 0.166 e. The second-order valence-electron chi connectivity index (χ2n) is 5.68. The second-order valence-corrected chi connectivity index (χ2v) is 7.59. The van der Waals surface area contributed by atoms with Crippen molar-refractivity contribution in [2.24, 2.45) is 0 Å². The Hall–Kier alpha value is -2.31. The number of hydrogen-bond acceptors (Lipinski definition) is 5. The minimum Gasteiger partial charge on any atom is -0.486 e. The molecule has 0 bridgehead atoms. The summed E-state index contributed by atoms with van der Waals surface area (Å²) in [6, 6.07) is 16.1. The van der Waals surface area contributed by atoms with E-state index in [2.05, 4.69) is 27.3 Å². The molecule has 4 aromatic rings. The molecular weight excluding hydrogens is 350 g/mol. The lowest BCUT2D eigenvalue weighted by Gasteiger charge is -2.03. The van der Waals surface area contributed by atoms with Gasteiger partial charge in [0.2, 0.25) is 0 Å². The number of imidazole rings is 1. The average molecular weight is 367 g/mol. The molecule has 6 heteroatoms. The third-order valence-corrected chi connectivity index (χ3v) is 5.49. The highest BCUT2D eigenvalue weighted by Gasteiger charge is 2.07. The lowest BCUT2D eigenvalue weighted by atomic mass is 10.2. The van der Waals surface area contributed by atoms with Crippen LogP contribution in [0.3, 0.4) is 0 Å². The molecule has 2 heterocycles. The zero-order valence-corrected chi connectivity index (χ0v) is 15.4. The van der Waals surface area contributed by atoms with Gasteiger partial charge in [-0.25, -0.2) is 9.97 Å². The van der Waals surface area contributed by atoms with Gasteiger partial charge in [0.25, 0.3) is 0 Å². The molecule has 25 heavy (non-hydrogen) atoms. The van der Waals surface area contributed by atoms with Gasteiger partial charge in [-0.15, -0.1) is 11.3 Å². The van der Waals surface area contributed by atoms with Crippen LogP contribution in [-0.2, 0) is 12.4 Å². The molecule has 0 radical (unpaired) electrons. The fourth-order valence-corrected chi connectivity index (χ4v) is 3.99. The number of aromatic amines is 1. The zero-order chi connectivity index (χ0) is 17.1. The summed E-state index contributed by atoms with van der Waals surface area (Å²) in [6.45, 7) is 2.57. The van der Waals surface area contributed by atoms with Crippen LogP contribution in [0.1, 0.15) is 16.3 Å². The van der Waals surface area contributed by atoms with Crippen LogP contribution < -0.4 is 4.74 Å². The third kappa shape index (κ3) is 4.03. The Labute approximate surface area is 154 Å². The third-order valence-electron chi connectivity index (χ3n) is 3.71. The topological polar surface area (TPSA) is 50.8 Å². The first kappa shape index (κ1) is 16.2. The second kappa shape index (κ2) is 7.29. The molecule has 0 aliphatic heterocycles. The van der Waals surface area contributed by atoms with Crippen LogP contribution in [0.5, 0.6) is 5.75 Å². The number of fused-ring (bicyclic) bond motifs is 1. The van der Waals surface area contributed by atoms with Crippen molar-refractivity contribution in [3.8, 4) is 5.75 Å². The molecule has 0 spiro atoms. The van der Waals surface area contributed by atoms with Crippen LogP contribution in [0.4, 0.5) is 0 Å². The first-order valence-corrected chi connectivity index (χ1v) is 9.83. The molecule has 126 valence electrons. The predicted molar refractivity (Wildman–Crippen MR) is 103 cm³/mol. The average Bonchev–Trinajstić information content (AvgIpc) is 3.25. The first-order chi connectivity index (χ1) is 12.3. The number of thiazole rings is 1. The number of benzene rings is 2. The van der Waals surface area contributed by atoms with Crippen LogP contribution in [0.15, 0.2) is 59.1 Å². The largest absolute Gasteiger partial charge is 0.486 e. The van der Waals surface area contributed by atoms with Crippen molar-refractivity contribution in [2.45, 2.75) is 24.4 Å². The minimum absolute atomic E-state index is 0.503. The monoisotopic (exact) mass is 367 g/mol. The van der Waals surface area contributed by atoms with Crippen molar-refractivity contribution in [3.63, 3.8) is 0 Å². The molecule has 4 rings (SSSR count). The molecule has 0 amide bonds. The molecule has 2 aromatic heterocycles. The molecule has 0 saturated heterocycles. The Bertz CT molecular complexity index is 943. The van der Waals surface area contributed by atoms with E-state index in [1.807, 2.05) is 48.5 Å². The first-order valence-electron chi connectivity index (χ1n) is 7.96. The number of nitrogens with zero attached hydrogens (tertiary/aromatic N) is 2. The Morgan fingerprint density at radius 2 is 1.92 bits per heavy atom. The molecule has 0 aliphatic rings. The molecule has 4 nitrogen and oxygen atoms in total. The maximum absolute atomic E-state index is 5.79. The van der Waals surface area contributed by atoms with Crippen LogP contribution >= 0.6 is 23.1 Å². The number of aryl methyl sites for hydroxylation is 1. The molecule has 1 N–H and O–H groups in total. The Morgan fingerprint density at radius 1 is 1.08 bits per heavy atom. The van der Waals surface area contributed by atoms with Crippen molar-refractivity contribution < 1.29 is 4.74 Å². The molecule has 0 unspecified atom stereocenters. The molecule has 0 fully saturated rings. The van der Waals surface area contributed by atoms with Crippen molar-refractivity contribution in [1.29, 1.82) is 0 Å². The highest BCUT2D eigenvalue weighted by Crippen LogP contribution is 2.24. The highest BCUT2D eigenvalue weighted by atomic mass is 32.2. The number of ether oxygens (including phenoxy) is 1. The lowest BCUT2D eigenvalue weighted by Crippen LogP contribution is -1.95. The van der Waals surface area contributed by atoms with Gasteiger partial charge in [0.1, 0.15) is 17.4 Å². The van der Waals surface area contributed by atoms with Crippen LogP contribution in [-0.4, -0.2) is 15.0 Å². The molecule has 0 saturated carbocycles. The SMILES string of the molecule is Cc1ccc(OCc2nc(CSc3nc4ccccc4[nH]3)cs2)cc1. The Morgan fingerprint density at radius 3 is 2.76 bits per heavy atom. The summed E-state index contributed by atoms with van der Waals surface area (Å²) in [5.74, 6) is 1.67. The predicted octanol–water partition coefficient (Wildman–Crippen LogP) is 5.20. The van der Waals surface area contributed by atoms with E-state index in [0.717, 1.165) is 38.4 Å². The van der Waals surface area contributed by atoms with Gasteiger partial charge in [-0.05, 0) is 31.2 Å². The maximum Gasteiger partial charge on any atom is 0.166 e. The summed E-state index contributed by atoms with van der Waals surface area (Å²) in [5.41, 5.74) is 4.34. The van der Waals surface area contributed by atoms with Crippen molar-refractivity contribution in [1.82, 2.24) is 15.0 Å². The fraction of sp³-hybridized carbons (Fsp3) is 0.158. The Kier molecular flexibility index (Phi) is 4.72. The lowest BCUT2D eigenvalue weighted by molar-refractivity contribution is 0.305. The number of aromatic nitrogens is 3. The summed E-state index contributed by atoms with van der Waals surface area (Å²) >= 11 is 3.30. The van der Waals surface area contributed by atoms with E-state index in [1.54, 1.807) is 23.1 Å². The number of para-hydroxylation sites is 2. The summed E-state index contributed by atoms with van der Waals surface area (Å²) < 4.78 is 5.79. The summed E-state index contributed by atoms with van der Waals surface area (Å²) in [6.07, 6.45) is 0. The number of thioether (sulfide) groups is 1. The number of hydrogen-bond donors (Lipinski definition) is 1. The summed E-state index contributed by atoms with van der Waals surface area (Å²) in [7, 11) is 0. The van der Waals surface area contributed by atoms with Gasteiger partial charge >= 0.3 is 0 Å². The van der Waals surface area contributed by atoms with E-state index in [1.165, 1.54) is 5.56 Å². The van der Waals surface area contributed by atoms with E-state index in [9.17, 15) is 0 Å². The van der Waals surface area contributed by atoms with Crippen molar-refractivity contribution in [2.75, 3.05) is 0 Å². The molecular formula is C19H17N3OS2. The standard InChI is InChI=1S/C19H17N3OS2/c1-13-6-8-15(9-7-13)23-10-18-20-14(11-24-18)12-25-19-21-16-4-2-3-5-17(16)22-19/h2-9,11H,10,12H2,1H3,(H,21,22). The van der Waals surface area contributed by atoms with Gasteiger partial charge in [-0.1, -0.05) is 41.6 Å². The van der Waals surface area contributed by atoms with Gasteiger partial charge in [-0.2, -0.15) is 0 Å². The number of rotatable bonds is 6. The molecule has 0 atom stereocenters.